The van der Waals surface area contributed by atoms with Gasteiger partial charge in [-0.05, 0) is 43.6 Å². The second kappa shape index (κ2) is 4.65. The van der Waals surface area contributed by atoms with Crippen LogP contribution in [0.15, 0.2) is 18.2 Å². The summed E-state index contributed by atoms with van der Waals surface area (Å²) in [4.78, 5) is 3.24. The van der Waals surface area contributed by atoms with Crippen LogP contribution in [0.5, 0.6) is 5.75 Å². The van der Waals surface area contributed by atoms with Gasteiger partial charge in [0.25, 0.3) is 0 Å². The van der Waals surface area contributed by atoms with E-state index in [4.69, 9.17) is 21.7 Å². The molecule has 1 fully saturated rings. The molecule has 0 saturated heterocycles. The molecule has 19 heavy (non-hydrogen) atoms. The van der Waals surface area contributed by atoms with Crippen LogP contribution in [0.25, 0.3) is 11.0 Å². The molecule has 0 unspecified atom stereocenters. The third-order valence-electron chi connectivity index (χ3n) is 4.13. The number of benzene rings is 1. The predicted octanol–water partition coefficient (Wildman–Crippen LogP) is 3.28. The SMILES string of the molecule is COc1ccc2c(c1)[nH]c(=S)n2CC1(OC)CCC1. The number of imidazole rings is 1. The lowest BCUT2D eigenvalue weighted by Gasteiger charge is -2.40. The zero-order valence-corrected chi connectivity index (χ0v) is 12.0. The summed E-state index contributed by atoms with van der Waals surface area (Å²) in [5.41, 5.74) is 2.08. The van der Waals surface area contributed by atoms with Crippen molar-refractivity contribution in [3.63, 3.8) is 0 Å². The standard InChI is InChI=1S/C14H18N2O2S/c1-17-10-4-5-12-11(8-10)15-13(19)16(12)9-14(18-2)6-3-7-14/h4-5,8H,3,6-7,9H2,1-2H3,(H,15,19). The molecule has 5 heteroatoms. The van der Waals surface area contributed by atoms with E-state index in [0.29, 0.717) is 0 Å². The minimum atomic E-state index is -0.0344. The quantitative estimate of drug-likeness (QED) is 0.872. The van der Waals surface area contributed by atoms with Crippen LogP contribution in [0.2, 0.25) is 0 Å². The smallest absolute Gasteiger partial charge is 0.178 e. The number of rotatable bonds is 4. The average Bonchev–Trinajstić information content (AvgIpc) is 2.68. The fourth-order valence-electron chi connectivity index (χ4n) is 2.71. The molecule has 0 aliphatic heterocycles. The van der Waals surface area contributed by atoms with Crippen LogP contribution in [-0.4, -0.2) is 29.4 Å². The first-order valence-corrected chi connectivity index (χ1v) is 6.90. The van der Waals surface area contributed by atoms with Gasteiger partial charge in [0, 0.05) is 13.2 Å². The lowest BCUT2D eigenvalue weighted by Crippen LogP contribution is -2.43. The Labute approximate surface area is 117 Å². The Morgan fingerprint density at radius 2 is 2.16 bits per heavy atom. The van der Waals surface area contributed by atoms with Gasteiger partial charge in [-0.3, -0.25) is 0 Å². The Kier molecular flexibility index (Phi) is 3.11. The minimum Gasteiger partial charge on any atom is -0.497 e. The second-order valence-electron chi connectivity index (χ2n) is 5.14. The molecule has 0 atom stereocenters. The molecule has 1 aromatic carbocycles. The second-order valence-corrected chi connectivity index (χ2v) is 5.53. The maximum absolute atomic E-state index is 5.69. The fraction of sp³-hybridized carbons (Fsp3) is 0.500. The molecule has 0 spiro atoms. The largest absolute Gasteiger partial charge is 0.497 e. The van der Waals surface area contributed by atoms with Gasteiger partial charge in [0.15, 0.2) is 4.77 Å². The molecular formula is C14H18N2O2S. The molecule has 1 N–H and O–H groups in total. The summed E-state index contributed by atoms with van der Waals surface area (Å²) in [5.74, 6) is 0.834. The Hall–Kier alpha value is -1.33. The zero-order valence-electron chi connectivity index (χ0n) is 11.2. The van der Waals surface area contributed by atoms with E-state index in [2.05, 4.69) is 9.55 Å². The average molecular weight is 278 g/mol. The Bertz CT molecular complexity index is 649. The van der Waals surface area contributed by atoms with Crippen LogP contribution in [0.3, 0.4) is 0 Å². The van der Waals surface area contributed by atoms with Crippen LogP contribution < -0.4 is 4.74 Å². The van der Waals surface area contributed by atoms with Gasteiger partial charge in [-0.15, -0.1) is 0 Å². The molecule has 3 rings (SSSR count). The van der Waals surface area contributed by atoms with Gasteiger partial charge in [-0.25, -0.2) is 0 Å². The van der Waals surface area contributed by atoms with Gasteiger partial charge < -0.3 is 19.0 Å². The molecular weight excluding hydrogens is 260 g/mol. The first kappa shape index (κ1) is 12.7. The van der Waals surface area contributed by atoms with Gasteiger partial charge in [0.05, 0.1) is 30.3 Å². The van der Waals surface area contributed by atoms with E-state index in [1.807, 2.05) is 18.2 Å². The molecule has 1 heterocycles. The summed E-state index contributed by atoms with van der Waals surface area (Å²) >= 11 is 5.43. The molecule has 0 amide bonds. The van der Waals surface area contributed by atoms with Crippen molar-refractivity contribution in [2.75, 3.05) is 14.2 Å². The van der Waals surface area contributed by atoms with E-state index in [1.54, 1.807) is 14.2 Å². The molecule has 1 aliphatic rings. The number of H-pyrrole nitrogens is 1. The van der Waals surface area contributed by atoms with Crippen LogP contribution in [0.1, 0.15) is 19.3 Å². The van der Waals surface area contributed by atoms with Crippen molar-refractivity contribution in [1.82, 2.24) is 9.55 Å². The summed E-state index contributed by atoms with van der Waals surface area (Å²) < 4.78 is 13.8. The molecule has 4 nitrogen and oxygen atoms in total. The zero-order chi connectivity index (χ0) is 13.5. The number of methoxy groups -OCH3 is 2. The summed E-state index contributed by atoms with van der Waals surface area (Å²) in [6.07, 6.45) is 3.44. The van der Waals surface area contributed by atoms with E-state index < -0.39 is 0 Å². The third kappa shape index (κ3) is 2.07. The van der Waals surface area contributed by atoms with E-state index in [1.165, 1.54) is 6.42 Å². The van der Waals surface area contributed by atoms with E-state index in [-0.39, 0.29) is 5.60 Å². The monoisotopic (exact) mass is 278 g/mol. The van der Waals surface area contributed by atoms with Gasteiger partial charge in [-0.1, -0.05) is 0 Å². The number of hydrogen-bond donors (Lipinski definition) is 1. The Balaban J connectivity index is 2.03. The lowest BCUT2D eigenvalue weighted by molar-refractivity contribution is -0.0830. The number of ether oxygens (including phenoxy) is 2. The van der Waals surface area contributed by atoms with Crippen molar-refractivity contribution in [3.8, 4) is 5.75 Å². The van der Waals surface area contributed by atoms with Crippen LogP contribution in [0.4, 0.5) is 0 Å². The Morgan fingerprint density at radius 1 is 1.37 bits per heavy atom. The summed E-state index contributed by atoms with van der Waals surface area (Å²) in [5, 5.41) is 0. The molecule has 1 saturated carbocycles. The van der Waals surface area contributed by atoms with E-state index in [9.17, 15) is 0 Å². The maximum atomic E-state index is 5.69. The van der Waals surface area contributed by atoms with Crippen molar-refractivity contribution in [1.29, 1.82) is 0 Å². The number of fused-ring (bicyclic) bond motifs is 1. The molecule has 2 aromatic rings. The normalized spacial score (nSPS) is 17.4. The summed E-state index contributed by atoms with van der Waals surface area (Å²) in [6, 6.07) is 5.98. The van der Waals surface area contributed by atoms with Crippen molar-refractivity contribution < 1.29 is 9.47 Å². The molecule has 1 aromatic heterocycles. The minimum absolute atomic E-state index is 0.0344. The highest BCUT2D eigenvalue weighted by atomic mass is 32.1. The summed E-state index contributed by atoms with van der Waals surface area (Å²) in [6.45, 7) is 0.814. The van der Waals surface area contributed by atoms with Gasteiger partial charge in [0.2, 0.25) is 0 Å². The molecule has 0 bridgehead atoms. The highest BCUT2D eigenvalue weighted by Crippen LogP contribution is 2.37. The highest BCUT2D eigenvalue weighted by Gasteiger charge is 2.37. The van der Waals surface area contributed by atoms with E-state index >= 15 is 0 Å². The predicted molar refractivity (Wildman–Crippen MR) is 77.3 cm³/mol. The van der Waals surface area contributed by atoms with Crippen molar-refractivity contribution >= 4 is 23.3 Å². The number of aromatic nitrogens is 2. The lowest BCUT2D eigenvalue weighted by atomic mass is 9.80. The third-order valence-corrected chi connectivity index (χ3v) is 4.45. The number of hydrogen-bond acceptors (Lipinski definition) is 3. The number of nitrogens with zero attached hydrogens (tertiary/aromatic N) is 1. The maximum Gasteiger partial charge on any atom is 0.178 e. The summed E-state index contributed by atoms with van der Waals surface area (Å²) in [7, 11) is 3.46. The van der Waals surface area contributed by atoms with E-state index in [0.717, 1.165) is 40.9 Å². The van der Waals surface area contributed by atoms with Crippen molar-refractivity contribution in [2.45, 2.75) is 31.4 Å². The molecule has 1 aliphatic carbocycles. The number of nitrogens with one attached hydrogen (secondary N) is 1. The Morgan fingerprint density at radius 3 is 2.74 bits per heavy atom. The van der Waals surface area contributed by atoms with Gasteiger partial charge in [0.1, 0.15) is 5.75 Å². The van der Waals surface area contributed by atoms with Crippen LogP contribution >= 0.6 is 12.2 Å². The van der Waals surface area contributed by atoms with Crippen molar-refractivity contribution in [2.24, 2.45) is 0 Å². The first-order valence-electron chi connectivity index (χ1n) is 6.49. The van der Waals surface area contributed by atoms with Gasteiger partial charge >= 0.3 is 0 Å². The first-order chi connectivity index (χ1) is 9.17. The van der Waals surface area contributed by atoms with Crippen molar-refractivity contribution in [3.05, 3.63) is 23.0 Å². The highest BCUT2D eigenvalue weighted by molar-refractivity contribution is 7.71. The fourth-order valence-corrected chi connectivity index (χ4v) is 2.99. The number of aromatic amines is 1. The molecule has 0 radical (unpaired) electrons. The molecule has 102 valence electrons. The topological polar surface area (TPSA) is 39.2 Å². The van der Waals surface area contributed by atoms with Gasteiger partial charge in [-0.2, -0.15) is 0 Å². The van der Waals surface area contributed by atoms with Crippen LogP contribution in [0, 0.1) is 4.77 Å². The van der Waals surface area contributed by atoms with Crippen LogP contribution in [-0.2, 0) is 11.3 Å².